The molecule has 0 saturated carbocycles. The van der Waals surface area contributed by atoms with E-state index in [1.807, 2.05) is 60.7 Å². The monoisotopic (exact) mass is 798 g/mol. The van der Waals surface area contributed by atoms with Crippen LogP contribution in [0.2, 0.25) is 0 Å². The maximum absolute atomic E-state index is 13.8. The zero-order valence-corrected chi connectivity index (χ0v) is 31.9. The fourth-order valence-electron chi connectivity index (χ4n) is 6.17. The van der Waals surface area contributed by atoms with Crippen LogP contribution in [0.1, 0.15) is 11.1 Å². The second-order valence-corrected chi connectivity index (χ2v) is 21.7. The van der Waals surface area contributed by atoms with Gasteiger partial charge in [0, 0.05) is 28.4 Å². The van der Waals surface area contributed by atoms with Gasteiger partial charge < -0.3 is 46.9 Å². The Morgan fingerprint density at radius 3 is 1.27 bits per heavy atom. The number of fused-ring (bicyclic) bond motifs is 2. The minimum absolute atomic E-state index is 0.217. The first-order chi connectivity index (χ1) is 24.4. The van der Waals surface area contributed by atoms with Crippen molar-refractivity contribution in [2.24, 2.45) is 0 Å². The Kier molecular flexibility index (Phi) is 12.9. The first-order valence-electron chi connectivity index (χ1n) is 15.9. The van der Waals surface area contributed by atoms with Crippen molar-refractivity contribution < 1.29 is 78.1 Å². The Hall–Kier alpha value is -1.16. The van der Waals surface area contributed by atoms with Crippen LogP contribution in [0.4, 0.5) is 0 Å². The molecule has 12 atom stereocenters. The first-order valence-corrected chi connectivity index (χ1v) is 22.9. The van der Waals surface area contributed by atoms with Gasteiger partial charge >= 0.3 is 30.4 Å². The van der Waals surface area contributed by atoms with Crippen molar-refractivity contribution >= 4 is 30.4 Å². The molecule has 0 aromatic heterocycles. The van der Waals surface area contributed by atoms with Crippen LogP contribution in [0, 0.1) is 0 Å². The Labute approximate surface area is 295 Å². The molecule has 6 rings (SSSR count). The van der Waals surface area contributed by atoms with Crippen molar-refractivity contribution in [1.29, 1.82) is 0 Å². The molecular weight excluding hydrogens is 756 g/mol. The van der Waals surface area contributed by atoms with Gasteiger partial charge in [-0.25, -0.2) is 12.9 Å². The summed E-state index contributed by atoms with van der Waals surface area (Å²) in [5.41, 5.74) is 1.80. The van der Waals surface area contributed by atoms with Gasteiger partial charge in [-0.05, 0) is 11.1 Å². The number of methoxy groups -OCH3 is 4. The molecule has 0 amide bonds. The molecule has 17 nitrogen and oxygen atoms in total. The van der Waals surface area contributed by atoms with Crippen molar-refractivity contribution in [2.45, 2.75) is 62.4 Å². The Bertz CT molecular complexity index is 1500. The zero-order chi connectivity index (χ0) is 36.3. The van der Waals surface area contributed by atoms with Gasteiger partial charge in [-0.1, -0.05) is 60.7 Å². The molecule has 0 spiro atoms. The molecule has 0 N–H and O–H groups in total. The molecule has 4 aliphatic heterocycles. The number of hydrogen-bond acceptors (Lipinski definition) is 17. The van der Waals surface area contributed by atoms with Crippen LogP contribution in [0.15, 0.2) is 60.7 Å². The SMILES string of the molecule is COC1[C@H](OCc2ccccc2)O[C@H](COP2(=O)CP3(=O)OP(=O)(OC[C@H]4O[C@@H](OCc5ccccc5)C(OC)[C@H]4OC)CP(=O)(O2)O3)[C@@H]1OC. The maximum atomic E-state index is 13.8. The summed E-state index contributed by atoms with van der Waals surface area (Å²) < 4.78 is 128. The molecule has 4 fully saturated rings. The summed E-state index contributed by atoms with van der Waals surface area (Å²) in [7, 11) is -12.3. The van der Waals surface area contributed by atoms with Crippen molar-refractivity contribution in [3.05, 3.63) is 71.8 Å². The molecular formula is C30H42O17P4. The maximum Gasteiger partial charge on any atom is 0.357 e. The minimum Gasteiger partial charge on any atom is -0.376 e. The van der Waals surface area contributed by atoms with Gasteiger partial charge in [0.2, 0.25) is 0 Å². The van der Waals surface area contributed by atoms with Gasteiger partial charge in [0.15, 0.2) is 24.4 Å². The fourth-order valence-corrected chi connectivity index (χ4v) is 20.7. The van der Waals surface area contributed by atoms with E-state index in [2.05, 4.69) is 0 Å². The van der Waals surface area contributed by atoms with Crippen LogP contribution >= 0.6 is 30.4 Å². The van der Waals surface area contributed by atoms with Gasteiger partial charge in [0.05, 0.1) is 26.4 Å². The highest BCUT2D eigenvalue weighted by atomic mass is 31.3. The third kappa shape index (κ3) is 9.39. The molecule has 4 aliphatic rings. The molecule has 21 heteroatoms. The molecule has 0 aliphatic carbocycles. The predicted octanol–water partition coefficient (Wildman–Crippen LogP) is 5.73. The number of rotatable bonds is 16. The third-order valence-corrected chi connectivity index (χ3v) is 21.0. The van der Waals surface area contributed by atoms with Gasteiger partial charge in [0.1, 0.15) is 36.6 Å². The van der Waals surface area contributed by atoms with Crippen LogP contribution in [0.3, 0.4) is 0 Å². The summed E-state index contributed by atoms with van der Waals surface area (Å²) in [5, 5.41) is 0. The lowest BCUT2D eigenvalue weighted by atomic mass is 10.1. The minimum atomic E-state index is -4.60. The summed E-state index contributed by atoms with van der Waals surface area (Å²) in [6.45, 7) is -0.398. The lowest BCUT2D eigenvalue weighted by Gasteiger charge is -2.39. The van der Waals surface area contributed by atoms with E-state index in [-0.39, 0.29) is 13.2 Å². The summed E-state index contributed by atoms with van der Waals surface area (Å²) in [6, 6.07) is 18.8. The van der Waals surface area contributed by atoms with E-state index < -0.39 is 105 Å². The Morgan fingerprint density at radius 2 is 0.922 bits per heavy atom. The molecule has 6 unspecified atom stereocenters. The normalized spacial score (nSPS) is 40.8. The summed E-state index contributed by atoms with van der Waals surface area (Å²) in [4.78, 5) is 0. The van der Waals surface area contributed by atoms with E-state index in [1.54, 1.807) is 0 Å². The highest BCUT2D eigenvalue weighted by Gasteiger charge is 2.64. The average molecular weight is 799 g/mol. The van der Waals surface area contributed by atoms with Crippen LogP contribution in [-0.2, 0) is 91.3 Å². The summed E-state index contributed by atoms with van der Waals surface area (Å²) in [6.07, 6.45) is -6.34. The molecule has 51 heavy (non-hydrogen) atoms. The highest BCUT2D eigenvalue weighted by molar-refractivity contribution is 7.91. The quantitative estimate of drug-likeness (QED) is 0.187. The average Bonchev–Trinajstić information content (AvgIpc) is 3.63. The topological polar surface area (TPSA) is 188 Å². The van der Waals surface area contributed by atoms with Crippen molar-refractivity contribution in [2.75, 3.05) is 53.5 Å². The number of benzene rings is 2. The predicted molar refractivity (Wildman–Crippen MR) is 178 cm³/mol. The Balaban J connectivity index is 1.06. The van der Waals surface area contributed by atoms with E-state index in [4.69, 9.17) is 59.9 Å². The second kappa shape index (κ2) is 16.7. The number of ether oxygens (including phenoxy) is 8. The van der Waals surface area contributed by atoms with E-state index in [1.165, 1.54) is 28.4 Å². The molecule has 0 radical (unpaired) electrons. The lowest BCUT2D eigenvalue weighted by Crippen LogP contribution is -2.38. The smallest absolute Gasteiger partial charge is 0.357 e. The standard InChI is InChI=1S/C30H42O17P4/c1-35-25-23(43-29(27(25)37-3)39-15-21-11-7-5-8-12-21)17-41-48(31)19-50(33)46-49(32,20-51(34,45-48)47-50)42-18-24-26(36-2)28(38-4)30(44-24)40-16-22-13-9-6-10-14-22/h5-14,23-30H,15-20H2,1-4H3/t23-,24-,25+,26+,27?,28?,29-,30-,48?,49?,50?,51?/m1/s1. The van der Waals surface area contributed by atoms with Crippen LogP contribution in [0.25, 0.3) is 0 Å². The second-order valence-electron chi connectivity index (χ2n) is 12.0. The molecule has 2 bridgehead atoms. The van der Waals surface area contributed by atoms with Crippen molar-refractivity contribution in [1.82, 2.24) is 0 Å². The van der Waals surface area contributed by atoms with Gasteiger partial charge in [-0.3, -0.25) is 18.3 Å². The van der Waals surface area contributed by atoms with Crippen LogP contribution in [0.5, 0.6) is 0 Å². The molecule has 4 heterocycles. The number of hydrogen-bond donors (Lipinski definition) is 0. The van der Waals surface area contributed by atoms with Gasteiger partial charge in [-0.15, -0.1) is 0 Å². The van der Waals surface area contributed by atoms with E-state index >= 15 is 0 Å². The van der Waals surface area contributed by atoms with E-state index in [9.17, 15) is 18.3 Å². The van der Waals surface area contributed by atoms with Gasteiger partial charge in [-0.2, -0.15) is 0 Å². The molecule has 284 valence electrons. The first kappa shape index (κ1) is 39.5. The third-order valence-electron chi connectivity index (χ3n) is 8.45. The van der Waals surface area contributed by atoms with E-state index in [0.717, 1.165) is 11.1 Å². The van der Waals surface area contributed by atoms with Crippen LogP contribution in [-0.4, -0.2) is 103 Å². The summed E-state index contributed by atoms with van der Waals surface area (Å²) >= 11 is 0. The highest BCUT2D eigenvalue weighted by Crippen LogP contribution is 2.90. The lowest BCUT2D eigenvalue weighted by molar-refractivity contribution is -0.180. The molecule has 2 aromatic rings. The molecule has 2 aromatic carbocycles. The van der Waals surface area contributed by atoms with Crippen molar-refractivity contribution in [3.8, 4) is 0 Å². The zero-order valence-electron chi connectivity index (χ0n) is 28.4. The largest absolute Gasteiger partial charge is 0.376 e. The fraction of sp³-hybridized carbons (Fsp3) is 0.600. The van der Waals surface area contributed by atoms with Gasteiger partial charge in [0.25, 0.3) is 0 Å². The summed E-state index contributed by atoms with van der Waals surface area (Å²) in [5.74, 6) is -1.96. The van der Waals surface area contributed by atoms with Crippen LogP contribution < -0.4 is 0 Å². The van der Waals surface area contributed by atoms with Crippen molar-refractivity contribution in [3.63, 3.8) is 0 Å². The Morgan fingerprint density at radius 1 is 0.549 bits per heavy atom. The van der Waals surface area contributed by atoms with E-state index in [0.29, 0.717) is 0 Å². The molecule has 4 saturated heterocycles.